The van der Waals surface area contributed by atoms with Gasteiger partial charge in [0.25, 0.3) is 0 Å². The SMILES string of the molecule is O=S1CCC(NC2CCSc3c(F)cccc32)CC1. The fraction of sp³-hybridized carbons (Fsp3) is 0.571. The summed E-state index contributed by atoms with van der Waals surface area (Å²) in [6.45, 7) is 0. The maximum atomic E-state index is 13.8. The third-order valence-corrected chi connectivity index (χ3v) is 6.39. The smallest absolute Gasteiger partial charge is 0.137 e. The van der Waals surface area contributed by atoms with Gasteiger partial charge in [-0.15, -0.1) is 11.8 Å². The molecule has 0 bridgehead atoms. The molecule has 2 heterocycles. The third kappa shape index (κ3) is 3.03. The molecule has 0 aliphatic carbocycles. The van der Waals surface area contributed by atoms with E-state index in [2.05, 4.69) is 5.32 Å². The summed E-state index contributed by atoms with van der Waals surface area (Å²) < 4.78 is 25.2. The molecule has 2 aliphatic rings. The van der Waals surface area contributed by atoms with Gasteiger partial charge in [-0.3, -0.25) is 4.21 Å². The summed E-state index contributed by atoms with van der Waals surface area (Å²) >= 11 is 1.62. The highest BCUT2D eigenvalue weighted by atomic mass is 32.2. The van der Waals surface area contributed by atoms with Crippen LogP contribution in [0.2, 0.25) is 0 Å². The topological polar surface area (TPSA) is 29.1 Å². The first-order valence-electron chi connectivity index (χ1n) is 6.76. The minimum absolute atomic E-state index is 0.0984. The van der Waals surface area contributed by atoms with Crippen molar-refractivity contribution in [3.63, 3.8) is 0 Å². The predicted molar refractivity (Wildman–Crippen MR) is 78.5 cm³/mol. The molecular formula is C14H18FNOS2. The fourth-order valence-corrected chi connectivity index (χ4v) is 5.24. The zero-order chi connectivity index (χ0) is 13.2. The van der Waals surface area contributed by atoms with Crippen molar-refractivity contribution in [3.8, 4) is 0 Å². The molecule has 1 unspecified atom stereocenters. The number of halogens is 1. The van der Waals surface area contributed by atoms with E-state index in [0.29, 0.717) is 6.04 Å². The fourth-order valence-electron chi connectivity index (χ4n) is 2.80. The summed E-state index contributed by atoms with van der Waals surface area (Å²) in [6.07, 6.45) is 2.99. The lowest BCUT2D eigenvalue weighted by Gasteiger charge is -2.32. The molecule has 0 aromatic heterocycles. The molecule has 0 spiro atoms. The number of benzene rings is 1. The Bertz CT molecular complexity index is 484. The number of fused-ring (bicyclic) bond motifs is 1. The third-order valence-electron chi connectivity index (χ3n) is 3.85. The van der Waals surface area contributed by atoms with Gasteiger partial charge in [0.2, 0.25) is 0 Å². The Labute approximate surface area is 120 Å². The molecule has 2 aliphatic heterocycles. The molecule has 1 atom stereocenters. The molecule has 19 heavy (non-hydrogen) atoms. The monoisotopic (exact) mass is 299 g/mol. The minimum atomic E-state index is -0.620. The van der Waals surface area contributed by atoms with E-state index in [9.17, 15) is 8.60 Å². The molecule has 0 radical (unpaired) electrons. The van der Waals surface area contributed by atoms with E-state index < -0.39 is 10.8 Å². The highest BCUT2D eigenvalue weighted by Crippen LogP contribution is 2.38. The van der Waals surface area contributed by atoms with Crippen LogP contribution in [0.5, 0.6) is 0 Å². The molecule has 3 rings (SSSR count). The Morgan fingerprint density at radius 3 is 2.84 bits per heavy atom. The Hall–Kier alpha value is -0.390. The van der Waals surface area contributed by atoms with Crippen molar-refractivity contribution >= 4 is 22.6 Å². The molecule has 5 heteroatoms. The first-order chi connectivity index (χ1) is 9.24. The summed E-state index contributed by atoms with van der Waals surface area (Å²) in [5, 5.41) is 3.65. The molecule has 1 aromatic rings. The van der Waals surface area contributed by atoms with Crippen LogP contribution in [0, 0.1) is 5.82 Å². The van der Waals surface area contributed by atoms with Crippen LogP contribution in [0.3, 0.4) is 0 Å². The lowest BCUT2D eigenvalue weighted by Crippen LogP contribution is -2.39. The van der Waals surface area contributed by atoms with Gasteiger partial charge >= 0.3 is 0 Å². The summed E-state index contributed by atoms with van der Waals surface area (Å²) in [4.78, 5) is 0.811. The summed E-state index contributed by atoms with van der Waals surface area (Å²) in [5.74, 6) is 2.47. The summed E-state index contributed by atoms with van der Waals surface area (Å²) in [7, 11) is -0.620. The Balaban J connectivity index is 1.73. The zero-order valence-corrected chi connectivity index (χ0v) is 12.4. The molecule has 104 valence electrons. The van der Waals surface area contributed by atoms with E-state index in [1.807, 2.05) is 6.07 Å². The van der Waals surface area contributed by atoms with Crippen LogP contribution in [0.4, 0.5) is 4.39 Å². The van der Waals surface area contributed by atoms with Crippen molar-refractivity contribution in [1.82, 2.24) is 5.32 Å². The van der Waals surface area contributed by atoms with Gasteiger partial charge in [-0.1, -0.05) is 12.1 Å². The minimum Gasteiger partial charge on any atom is -0.307 e. The highest BCUT2D eigenvalue weighted by Gasteiger charge is 2.26. The van der Waals surface area contributed by atoms with Gasteiger partial charge in [0.15, 0.2) is 0 Å². The van der Waals surface area contributed by atoms with Crippen LogP contribution in [-0.4, -0.2) is 27.5 Å². The Morgan fingerprint density at radius 2 is 2.05 bits per heavy atom. The Morgan fingerprint density at radius 1 is 1.26 bits per heavy atom. The van der Waals surface area contributed by atoms with E-state index >= 15 is 0 Å². The molecule has 0 saturated carbocycles. The molecule has 2 nitrogen and oxygen atoms in total. The second kappa shape index (κ2) is 5.94. The molecule has 1 fully saturated rings. The van der Waals surface area contributed by atoms with Crippen molar-refractivity contribution in [2.75, 3.05) is 17.3 Å². The quantitative estimate of drug-likeness (QED) is 0.910. The van der Waals surface area contributed by atoms with E-state index in [0.717, 1.165) is 47.0 Å². The molecule has 1 saturated heterocycles. The molecule has 0 amide bonds. The van der Waals surface area contributed by atoms with E-state index in [1.54, 1.807) is 17.8 Å². The lowest BCUT2D eigenvalue weighted by atomic mass is 10.0. The van der Waals surface area contributed by atoms with Gasteiger partial charge in [0.1, 0.15) is 5.82 Å². The lowest BCUT2D eigenvalue weighted by molar-refractivity contribution is 0.395. The highest BCUT2D eigenvalue weighted by molar-refractivity contribution is 7.99. The van der Waals surface area contributed by atoms with Gasteiger partial charge in [0, 0.05) is 39.3 Å². The first-order valence-corrected chi connectivity index (χ1v) is 9.23. The summed E-state index contributed by atoms with van der Waals surface area (Å²) in [5.41, 5.74) is 1.10. The number of nitrogens with one attached hydrogen (secondary N) is 1. The number of hydrogen-bond acceptors (Lipinski definition) is 3. The van der Waals surface area contributed by atoms with Crippen LogP contribution < -0.4 is 5.32 Å². The number of hydrogen-bond donors (Lipinski definition) is 1. The Kier molecular flexibility index (Phi) is 4.24. The van der Waals surface area contributed by atoms with E-state index in [-0.39, 0.29) is 11.9 Å². The second-order valence-electron chi connectivity index (χ2n) is 5.14. The second-order valence-corrected chi connectivity index (χ2v) is 7.94. The first kappa shape index (κ1) is 13.6. The van der Waals surface area contributed by atoms with Crippen molar-refractivity contribution in [2.45, 2.75) is 36.2 Å². The van der Waals surface area contributed by atoms with Crippen LogP contribution in [0.1, 0.15) is 30.9 Å². The van der Waals surface area contributed by atoms with E-state index in [1.165, 1.54) is 6.07 Å². The molecule has 1 N–H and O–H groups in total. The predicted octanol–water partition coefficient (Wildman–Crippen LogP) is 2.86. The van der Waals surface area contributed by atoms with Gasteiger partial charge in [-0.2, -0.15) is 0 Å². The average Bonchev–Trinajstić information content (AvgIpc) is 2.43. The van der Waals surface area contributed by atoms with Crippen molar-refractivity contribution in [2.24, 2.45) is 0 Å². The van der Waals surface area contributed by atoms with Crippen LogP contribution in [0.15, 0.2) is 23.1 Å². The molecular weight excluding hydrogens is 281 g/mol. The van der Waals surface area contributed by atoms with Crippen molar-refractivity contribution in [1.29, 1.82) is 0 Å². The maximum Gasteiger partial charge on any atom is 0.137 e. The summed E-state index contributed by atoms with van der Waals surface area (Å²) in [6, 6.07) is 6.05. The van der Waals surface area contributed by atoms with Crippen LogP contribution in [0.25, 0.3) is 0 Å². The molecule has 1 aromatic carbocycles. The normalized spacial score (nSPS) is 30.9. The van der Waals surface area contributed by atoms with Gasteiger partial charge in [-0.05, 0) is 36.6 Å². The number of thioether (sulfide) groups is 1. The van der Waals surface area contributed by atoms with Gasteiger partial charge < -0.3 is 5.32 Å². The van der Waals surface area contributed by atoms with Crippen LogP contribution >= 0.6 is 11.8 Å². The van der Waals surface area contributed by atoms with Gasteiger partial charge in [0.05, 0.1) is 0 Å². The van der Waals surface area contributed by atoms with Gasteiger partial charge in [-0.25, -0.2) is 4.39 Å². The van der Waals surface area contributed by atoms with Crippen molar-refractivity contribution in [3.05, 3.63) is 29.6 Å². The average molecular weight is 299 g/mol. The van der Waals surface area contributed by atoms with Crippen LogP contribution in [-0.2, 0) is 10.8 Å². The van der Waals surface area contributed by atoms with E-state index in [4.69, 9.17) is 0 Å². The zero-order valence-electron chi connectivity index (χ0n) is 10.7. The standard InChI is InChI=1S/C14H18FNOS2/c15-12-3-1-2-11-13(4-7-18-14(11)12)16-10-5-8-19(17)9-6-10/h1-3,10,13,16H,4-9H2. The number of rotatable bonds is 2. The largest absolute Gasteiger partial charge is 0.307 e. The maximum absolute atomic E-state index is 13.8. The van der Waals surface area contributed by atoms with Crippen molar-refractivity contribution < 1.29 is 8.60 Å².